The van der Waals surface area contributed by atoms with E-state index in [1.165, 1.54) is 0 Å². The summed E-state index contributed by atoms with van der Waals surface area (Å²) < 4.78 is 25.0. The van der Waals surface area contributed by atoms with E-state index in [0.717, 1.165) is 6.20 Å². The number of pyridine rings is 1. The quantitative estimate of drug-likeness (QED) is 0.825. The normalized spacial score (nSPS) is 10.9. The number of rotatable bonds is 3. The molecule has 1 aromatic rings. The van der Waals surface area contributed by atoms with Gasteiger partial charge in [-0.1, -0.05) is 15.9 Å². The molecule has 0 bridgehead atoms. The van der Waals surface area contributed by atoms with Crippen LogP contribution in [-0.4, -0.2) is 15.2 Å². The predicted molar refractivity (Wildman–Crippen MR) is 49.4 cm³/mol. The number of hydrogen-bond donors (Lipinski definition) is 2. The van der Waals surface area contributed by atoms with Crippen LogP contribution in [0, 0.1) is 0 Å². The summed E-state index contributed by atoms with van der Waals surface area (Å²) in [6, 6.07) is 0. The summed E-state index contributed by atoms with van der Waals surface area (Å²) in [5.41, 5.74) is -0.461. The van der Waals surface area contributed by atoms with Gasteiger partial charge >= 0.3 is 0 Å². The Bertz CT molecular complexity index is 333. The van der Waals surface area contributed by atoms with Crippen LogP contribution < -0.4 is 0 Å². The van der Waals surface area contributed by atoms with E-state index < -0.39 is 24.3 Å². The minimum absolute atomic E-state index is 0.0535. The summed E-state index contributed by atoms with van der Waals surface area (Å²) in [5.74, 6) is -0.552. The first-order valence-corrected chi connectivity index (χ1v) is 4.88. The summed E-state index contributed by atoms with van der Waals surface area (Å²) >= 11 is 3.01. The van der Waals surface area contributed by atoms with Gasteiger partial charge in [0.25, 0.3) is 6.43 Å². The van der Waals surface area contributed by atoms with Crippen LogP contribution in [0.3, 0.4) is 0 Å². The van der Waals surface area contributed by atoms with E-state index >= 15 is 0 Å². The van der Waals surface area contributed by atoms with Gasteiger partial charge in [0.1, 0.15) is 5.75 Å². The first-order valence-electron chi connectivity index (χ1n) is 3.76. The zero-order chi connectivity index (χ0) is 10.7. The van der Waals surface area contributed by atoms with E-state index in [-0.39, 0.29) is 16.6 Å². The molecule has 6 heteroatoms. The zero-order valence-electron chi connectivity index (χ0n) is 7.04. The summed E-state index contributed by atoms with van der Waals surface area (Å²) in [6.45, 7) is -0.567. The topological polar surface area (TPSA) is 53.4 Å². The zero-order valence-corrected chi connectivity index (χ0v) is 8.63. The van der Waals surface area contributed by atoms with Crippen LogP contribution in [0.25, 0.3) is 0 Å². The minimum Gasteiger partial charge on any atom is -0.505 e. The number of hydrogen-bond acceptors (Lipinski definition) is 3. The fourth-order valence-corrected chi connectivity index (χ4v) is 1.47. The molecule has 2 N–H and O–H groups in total. The highest BCUT2D eigenvalue weighted by atomic mass is 79.9. The maximum absolute atomic E-state index is 12.5. The highest BCUT2D eigenvalue weighted by Crippen LogP contribution is 2.33. The summed E-state index contributed by atoms with van der Waals surface area (Å²) in [7, 11) is 0. The van der Waals surface area contributed by atoms with E-state index in [1.54, 1.807) is 0 Å². The molecule has 0 saturated carbocycles. The molecule has 0 radical (unpaired) electrons. The molecule has 78 valence electrons. The molecule has 1 heterocycles. The number of alkyl halides is 3. The minimum atomic E-state index is -2.82. The van der Waals surface area contributed by atoms with Gasteiger partial charge in [0.05, 0.1) is 17.9 Å². The lowest BCUT2D eigenvalue weighted by atomic mass is 10.1. The maximum Gasteiger partial charge on any atom is 0.267 e. The van der Waals surface area contributed by atoms with Gasteiger partial charge in [0, 0.05) is 17.1 Å². The third-order valence-electron chi connectivity index (χ3n) is 1.77. The van der Waals surface area contributed by atoms with Gasteiger partial charge < -0.3 is 10.2 Å². The van der Waals surface area contributed by atoms with Crippen molar-refractivity contribution in [2.45, 2.75) is 18.4 Å². The molecule has 0 spiro atoms. The summed E-state index contributed by atoms with van der Waals surface area (Å²) in [4.78, 5) is 3.72. The van der Waals surface area contributed by atoms with Crippen LogP contribution in [-0.2, 0) is 11.9 Å². The SMILES string of the molecule is OCc1cnc(CBr)c(O)c1C(F)F. The molecule has 0 aliphatic rings. The summed E-state index contributed by atoms with van der Waals surface area (Å²) in [6.07, 6.45) is -1.68. The van der Waals surface area contributed by atoms with Crippen molar-refractivity contribution in [2.24, 2.45) is 0 Å². The molecule has 0 aliphatic carbocycles. The van der Waals surface area contributed by atoms with Crippen molar-refractivity contribution in [3.63, 3.8) is 0 Å². The molecule has 0 atom stereocenters. The lowest BCUT2D eigenvalue weighted by molar-refractivity contribution is 0.142. The smallest absolute Gasteiger partial charge is 0.267 e. The Hall–Kier alpha value is -0.750. The number of aliphatic hydroxyl groups is 1. The number of aromatic nitrogens is 1. The number of aromatic hydroxyl groups is 1. The monoisotopic (exact) mass is 267 g/mol. The average molecular weight is 268 g/mol. The van der Waals surface area contributed by atoms with Crippen molar-refractivity contribution >= 4 is 15.9 Å². The lowest BCUT2D eigenvalue weighted by Gasteiger charge is -2.10. The average Bonchev–Trinajstić information content (AvgIpc) is 2.16. The highest BCUT2D eigenvalue weighted by Gasteiger charge is 2.20. The molecule has 0 saturated heterocycles. The van der Waals surface area contributed by atoms with Crippen molar-refractivity contribution in [1.82, 2.24) is 4.98 Å². The van der Waals surface area contributed by atoms with Crippen molar-refractivity contribution < 1.29 is 19.0 Å². The molecule has 0 fully saturated rings. The molecular formula is C8H8BrF2NO2. The molecule has 3 nitrogen and oxygen atoms in total. The second-order valence-electron chi connectivity index (χ2n) is 2.58. The number of nitrogens with zero attached hydrogens (tertiary/aromatic N) is 1. The highest BCUT2D eigenvalue weighted by molar-refractivity contribution is 9.08. The van der Waals surface area contributed by atoms with Gasteiger partial charge in [-0.3, -0.25) is 4.98 Å². The van der Waals surface area contributed by atoms with E-state index in [9.17, 15) is 13.9 Å². The first-order chi connectivity index (χ1) is 6.61. The Balaban J connectivity index is 3.31. The third-order valence-corrected chi connectivity index (χ3v) is 2.30. The Labute approximate surface area is 87.5 Å². The van der Waals surface area contributed by atoms with Crippen LogP contribution in [0.4, 0.5) is 8.78 Å². The molecular weight excluding hydrogens is 260 g/mol. The van der Waals surface area contributed by atoms with Crippen LogP contribution >= 0.6 is 15.9 Å². The molecule has 14 heavy (non-hydrogen) atoms. The van der Waals surface area contributed by atoms with E-state index in [1.807, 2.05) is 0 Å². The fraction of sp³-hybridized carbons (Fsp3) is 0.375. The van der Waals surface area contributed by atoms with Crippen LogP contribution in [0.2, 0.25) is 0 Å². The fourth-order valence-electron chi connectivity index (χ4n) is 1.06. The van der Waals surface area contributed by atoms with Gasteiger partial charge in [-0.2, -0.15) is 0 Å². The molecule has 0 unspecified atom stereocenters. The molecule has 1 rings (SSSR count). The Kier molecular flexibility index (Phi) is 3.77. The van der Waals surface area contributed by atoms with Crippen molar-refractivity contribution in [1.29, 1.82) is 0 Å². The molecule has 0 amide bonds. The van der Waals surface area contributed by atoms with Gasteiger partial charge in [-0.25, -0.2) is 8.78 Å². The first kappa shape index (κ1) is 11.3. The lowest BCUT2D eigenvalue weighted by Crippen LogP contribution is -2.00. The van der Waals surface area contributed by atoms with E-state index in [2.05, 4.69) is 20.9 Å². The van der Waals surface area contributed by atoms with Crippen LogP contribution in [0.1, 0.15) is 23.2 Å². The van der Waals surface area contributed by atoms with Gasteiger partial charge in [-0.05, 0) is 0 Å². The largest absolute Gasteiger partial charge is 0.505 e. The van der Waals surface area contributed by atoms with Crippen molar-refractivity contribution in [3.05, 3.63) is 23.0 Å². The van der Waals surface area contributed by atoms with Gasteiger partial charge in [0.2, 0.25) is 0 Å². The number of aliphatic hydroxyl groups excluding tert-OH is 1. The molecule has 0 aliphatic heterocycles. The predicted octanol–water partition coefficient (Wildman–Crippen LogP) is 2.11. The van der Waals surface area contributed by atoms with Gasteiger partial charge in [-0.15, -0.1) is 0 Å². The number of halogens is 3. The van der Waals surface area contributed by atoms with Crippen LogP contribution in [0.5, 0.6) is 5.75 Å². The van der Waals surface area contributed by atoms with Crippen molar-refractivity contribution in [3.8, 4) is 5.75 Å². The Morgan fingerprint density at radius 3 is 2.57 bits per heavy atom. The summed E-state index contributed by atoms with van der Waals surface area (Å²) in [5, 5.41) is 18.3. The Morgan fingerprint density at radius 1 is 1.50 bits per heavy atom. The standard InChI is InChI=1S/C8H8BrF2NO2/c9-1-5-7(14)6(8(10)11)4(3-13)2-12-5/h2,8,13-14H,1,3H2. The molecule has 0 aromatic carbocycles. The van der Waals surface area contributed by atoms with Crippen molar-refractivity contribution in [2.75, 3.05) is 0 Å². The Morgan fingerprint density at radius 2 is 2.14 bits per heavy atom. The van der Waals surface area contributed by atoms with E-state index in [4.69, 9.17) is 5.11 Å². The maximum atomic E-state index is 12.5. The second-order valence-corrected chi connectivity index (χ2v) is 3.15. The van der Waals surface area contributed by atoms with Gasteiger partial charge in [0.15, 0.2) is 0 Å². The third kappa shape index (κ3) is 2.01. The van der Waals surface area contributed by atoms with E-state index in [0.29, 0.717) is 0 Å². The second kappa shape index (κ2) is 4.65. The van der Waals surface area contributed by atoms with Crippen LogP contribution in [0.15, 0.2) is 6.20 Å². The molecule has 1 aromatic heterocycles.